The van der Waals surface area contributed by atoms with Crippen molar-refractivity contribution >= 4 is 0 Å². The Hall–Kier alpha value is 0. The standard InChI is InChI=1S/C12H22/c1-3-5-10(4-2)11-8-12(9-11)6-7-12/h10-11H,3-9H2,1-2H3. The van der Waals surface area contributed by atoms with Crippen LogP contribution in [0.3, 0.4) is 0 Å². The van der Waals surface area contributed by atoms with Crippen molar-refractivity contribution in [2.75, 3.05) is 0 Å². The first-order valence-corrected chi connectivity index (χ1v) is 5.79. The lowest BCUT2D eigenvalue weighted by molar-refractivity contribution is 0.0954. The summed E-state index contributed by atoms with van der Waals surface area (Å²) in [6, 6.07) is 0. The summed E-state index contributed by atoms with van der Waals surface area (Å²) >= 11 is 0. The summed E-state index contributed by atoms with van der Waals surface area (Å²) < 4.78 is 0. The SMILES string of the molecule is CCCC(CC)C1CC2(CC2)C1. The summed E-state index contributed by atoms with van der Waals surface area (Å²) in [6.07, 6.45) is 10.6. The van der Waals surface area contributed by atoms with Crippen molar-refractivity contribution in [1.82, 2.24) is 0 Å². The van der Waals surface area contributed by atoms with Crippen LogP contribution < -0.4 is 0 Å². The van der Waals surface area contributed by atoms with Crippen molar-refractivity contribution < 1.29 is 0 Å². The van der Waals surface area contributed by atoms with Gasteiger partial charge in [-0.1, -0.05) is 33.1 Å². The zero-order valence-electron chi connectivity index (χ0n) is 8.60. The molecule has 0 aromatic heterocycles. The Labute approximate surface area is 76.7 Å². The topological polar surface area (TPSA) is 0 Å². The molecule has 2 fully saturated rings. The van der Waals surface area contributed by atoms with Crippen LogP contribution in [0, 0.1) is 17.3 Å². The second kappa shape index (κ2) is 3.05. The van der Waals surface area contributed by atoms with Crippen LogP contribution in [0.2, 0.25) is 0 Å². The molecule has 0 bridgehead atoms. The first-order chi connectivity index (χ1) is 5.79. The molecule has 0 aromatic rings. The quantitative estimate of drug-likeness (QED) is 0.592. The van der Waals surface area contributed by atoms with Gasteiger partial charge in [0.25, 0.3) is 0 Å². The van der Waals surface area contributed by atoms with Gasteiger partial charge in [0.1, 0.15) is 0 Å². The molecule has 0 aliphatic heterocycles. The Morgan fingerprint density at radius 3 is 2.33 bits per heavy atom. The van der Waals surface area contributed by atoms with Crippen LogP contribution >= 0.6 is 0 Å². The predicted octanol–water partition coefficient (Wildman–Crippen LogP) is 4.00. The van der Waals surface area contributed by atoms with Gasteiger partial charge in [0.15, 0.2) is 0 Å². The van der Waals surface area contributed by atoms with E-state index in [1.54, 1.807) is 25.7 Å². The Balaban J connectivity index is 1.76. The maximum atomic E-state index is 2.37. The zero-order valence-corrected chi connectivity index (χ0v) is 8.60. The van der Waals surface area contributed by atoms with Crippen molar-refractivity contribution in [1.29, 1.82) is 0 Å². The normalized spacial score (nSPS) is 28.5. The molecule has 1 unspecified atom stereocenters. The van der Waals surface area contributed by atoms with Crippen LogP contribution in [0.4, 0.5) is 0 Å². The van der Waals surface area contributed by atoms with Gasteiger partial charge in [-0.25, -0.2) is 0 Å². The molecule has 2 aliphatic rings. The fourth-order valence-electron chi connectivity index (χ4n) is 3.11. The Morgan fingerprint density at radius 1 is 1.25 bits per heavy atom. The highest BCUT2D eigenvalue weighted by atomic mass is 14.6. The van der Waals surface area contributed by atoms with Crippen molar-refractivity contribution in [3.63, 3.8) is 0 Å². The molecule has 0 radical (unpaired) electrons. The third-order valence-electron chi connectivity index (χ3n) is 4.20. The van der Waals surface area contributed by atoms with Crippen molar-refractivity contribution in [2.24, 2.45) is 17.3 Å². The molecular weight excluding hydrogens is 144 g/mol. The minimum absolute atomic E-state index is 0.922. The number of rotatable bonds is 4. The maximum Gasteiger partial charge on any atom is -0.0292 e. The lowest BCUT2D eigenvalue weighted by atomic mass is 9.64. The van der Waals surface area contributed by atoms with E-state index in [4.69, 9.17) is 0 Å². The van der Waals surface area contributed by atoms with E-state index in [0.29, 0.717) is 0 Å². The molecule has 0 amide bonds. The minimum Gasteiger partial charge on any atom is -0.0654 e. The van der Waals surface area contributed by atoms with Gasteiger partial charge >= 0.3 is 0 Å². The highest BCUT2D eigenvalue weighted by Crippen LogP contribution is 2.65. The summed E-state index contributed by atoms with van der Waals surface area (Å²) in [4.78, 5) is 0. The van der Waals surface area contributed by atoms with Gasteiger partial charge in [-0.05, 0) is 42.9 Å². The van der Waals surface area contributed by atoms with Crippen LogP contribution in [-0.4, -0.2) is 0 Å². The molecule has 12 heavy (non-hydrogen) atoms. The minimum atomic E-state index is 0.922. The van der Waals surface area contributed by atoms with Gasteiger partial charge in [0.05, 0.1) is 0 Å². The van der Waals surface area contributed by atoms with E-state index in [0.717, 1.165) is 17.3 Å². The summed E-state index contributed by atoms with van der Waals surface area (Å²) in [6.45, 7) is 4.70. The van der Waals surface area contributed by atoms with Gasteiger partial charge in [0, 0.05) is 0 Å². The summed E-state index contributed by atoms with van der Waals surface area (Å²) in [5, 5.41) is 0. The van der Waals surface area contributed by atoms with E-state index in [2.05, 4.69) is 13.8 Å². The molecule has 2 rings (SSSR count). The van der Waals surface area contributed by atoms with Crippen molar-refractivity contribution in [3.8, 4) is 0 Å². The molecule has 2 saturated carbocycles. The Bertz CT molecular complexity index is 147. The smallest absolute Gasteiger partial charge is 0.0292 e. The molecule has 2 aliphatic carbocycles. The van der Waals surface area contributed by atoms with E-state index in [9.17, 15) is 0 Å². The van der Waals surface area contributed by atoms with Gasteiger partial charge in [0.2, 0.25) is 0 Å². The van der Waals surface area contributed by atoms with E-state index in [-0.39, 0.29) is 0 Å². The van der Waals surface area contributed by atoms with E-state index < -0.39 is 0 Å². The van der Waals surface area contributed by atoms with Crippen LogP contribution in [-0.2, 0) is 0 Å². The highest BCUT2D eigenvalue weighted by molar-refractivity contribution is 5.04. The van der Waals surface area contributed by atoms with Crippen LogP contribution in [0.15, 0.2) is 0 Å². The molecule has 1 spiro atoms. The Morgan fingerprint density at radius 2 is 1.92 bits per heavy atom. The highest BCUT2D eigenvalue weighted by Gasteiger charge is 2.53. The van der Waals surface area contributed by atoms with Crippen LogP contribution in [0.25, 0.3) is 0 Å². The van der Waals surface area contributed by atoms with Gasteiger partial charge < -0.3 is 0 Å². The molecule has 70 valence electrons. The molecule has 0 saturated heterocycles. The van der Waals surface area contributed by atoms with Gasteiger partial charge in [-0.15, -0.1) is 0 Å². The van der Waals surface area contributed by atoms with Crippen LogP contribution in [0.1, 0.15) is 58.8 Å². The van der Waals surface area contributed by atoms with Crippen molar-refractivity contribution in [2.45, 2.75) is 58.8 Å². The number of hydrogen-bond acceptors (Lipinski definition) is 0. The Kier molecular flexibility index (Phi) is 2.18. The first-order valence-electron chi connectivity index (χ1n) is 5.79. The lowest BCUT2D eigenvalue weighted by Gasteiger charge is -2.41. The zero-order chi connectivity index (χ0) is 8.60. The van der Waals surface area contributed by atoms with Gasteiger partial charge in [-0.2, -0.15) is 0 Å². The average molecular weight is 166 g/mol. The molecule has 0 nitrogen and oxygen atoms in total. The lowest BCUT2D eigenvalue weighted by Crippen LogP contribution is -2.31. The largest absolute Gasteiger partial charge is 0.0654 e. The molecule has 1 atom stereocenters. The third kappa shape index (κ3) is 1.41. The van der Waals surface area contributed by atoms with Crippen molar-refractivity contribution in [3.05, 3.63) is 0 Å². The summed E-state index contributed by atoms with van der Waals surface area (Å²) in [5.41, 5.74) is 0.922. The maximum absolute atomic E-state index is 2.37. The predicted molar refractivity (Wildman–Crippen MR) is 53.1 cm³/mol. The average Bonchev–Trinajstić information content (AvgIpc) is 2.77. The van der Waals surface area contributed by atoms with E-state index in [1.165, 1.54) is 19.3 Å². The number of hydrogen-bond donors (Lipinski definition) is 0. The fraction of sp³-hybridized carbons (Fsp3) is 1.00. The first kappa shape index (κ1) is 8.59. The van der Waals surface area contributed by atoms with E-state index in [1.807, 2.05) is 0 Å². The van der Waals surface area contributed by atoms with Gasteiger partial charge in [-0.3, -0.25) is 0 Å². The molecule has 0 aromatic carbocycles. The summed E-state index contributed by atoms with van der Waals surface area (Å²) in [7, 11) is 0. The fourth-order valence-corrected chi connectivity index (χ4v) is 3.11. The second-order valence-electron chi connectivity index (χ2n) is 5.13. The molecule has 0 heteroatoms. The molecule has 0 N–H and O–H groups in total. The summed E-state index contributed by atoms with van der Waals surface area (Å²) in [5.74, 6) is 2.19. The molecular formula is C12H22. The second-order valence-corrected chi connectivity index (χ2v) is 5.13. The van der Waals surface area contributed by atoms with Crippen LogP contribution in [0.5, 0.6) is 0 Å². The third-order valence-corrected chi connectivity index (χ3v) is 4.20. The monoisotopic (exact) mass is 166 g/mol. The molecule has 0 heterocycles. The van der Waals surface area contributed by atoms with E-state index >= 15 is 0 Å².